The third-order valence-corrected chi connectivity index (χ3v) is 7.09. The molecule has 0 saturated carbocycles. The minimum atomic E-state index is -0.690. The normalized spacial score (nSPS) is 24.6. The van der Waals surface area contributed by atoms with E-state index in [1.807, 2.05) is 31.3 Å². The molecule has 0 aliphatic carbocycles. The number of esters is 2. The second kappa shape index (κ2) is 8.66. The Bertz CT molecular complexity index is 1060. The van der Waals surface area contributed by atoms with Crippen LogP contribution in [-0.2, 0) is 31.0 Å². The minimum Gasteiger partial charge on any atom is -0.466 e. The topological polar surface area (TPSA) is 71.6 Å². The molecule has 0 amide bonds. The van der Waals surface area contributed by atoms with E-state index in [4.69, 9.17) is 21.1 Å². The van der Waals surface area contributed by atoms with Crippen molar-refractivity contribution in [2.24, 2.45) is 5.92 Å². The number of hydrogen-bond donors (Lipinski definition) is 1. The molecule has 0 radical (unpaired) electrons. The van der Waals surface area contributed by atoms with E-state index in [-0.39, 0.29) is 19.2 Å². The SMILES string of the molecule is CCOC(=O)C1=C(C)N2CCc3[nH]ccc3C2(C)C(C(=O)OCC)C1c1ccc(Cl)cc1. The highest BCUT2D eigenvalue weighted by molar-refractivity contribution is 6.30. The summed E-state index contributed by atoms with van der Waals surface area (Å²) >= 11 is 6.16. The molecule has 0 spiro atoms. The molecule has 3 atom stereocenters. The number of aromatic amines is 1. The molecule has 2 aliphatic heterocycles. The van der Waals surface area contributed by atoms with Crippen molar-refractivity contribution in [2.45, 2.75) is 45.6 Å². The average molecular weight is 457 g/mol. The molecular weight excluding hydrogens is 428 g/mol. The van der Waals surface area contributed by atoms with Gasteiger partial charge >= 0.3 is 11.9 Å². The van der Waals surface area contributed by atoms with Crippen molar-refractivity contribution < 1.29 is 19.1 Å². The molecule has 0 fully saturated rings. The van der Waals surface area contributed by atoms with Gasteiger partial charge < -0.3 is 19.4 Å². The fraction of sp³-hybridized carbons (Fsp3) is 0.440. The Morgan fingerprint density at radius 1 is 1.16 bits per heavy atom. The highest BCUT2D eigenvalue weighted by atomic mass is 35.5. The first kappa shape index (κ1) is 22.5. The molecule has 2 aromatic rings. The average Bonchev–Trinajstić information content (AvgIpc) is 3.24. The molecule has 170 valence electrons. The number of ether oxygens (including phenoxy) is 2. The maximum atomic E-state index is 13.6. The number of hydrogen-bond acceptors (Lipinski definition) is 5. The summed E-state index contributed by atoms with van der Waals surface area (Å²) in [5, 5.41) is 0.592. The minimum absolute atomic E-state index is 0.256. The van der Waals surface area contributed by atoms with Gasteiger partial charge in [-0.25, -0.2) is 4.79 Å². The molecule has 0 saturated heterocycles. The van der Waals surface area contributed by atoms with E-state index in [2.05, 4.69) is 16.8 Å². The van der Waals surface area contributed by atoms with Crippen LogP contribution in [-0.4, -0.2) is 41.6 Å². The van der Waals surface area contributed by atoms with E-state index < -0.39 is 23.3 Å². The summed E-state index contributed by atoms with van der Waals surface area (Å²) in [7, 11) is 0. The quantitative estimate of drug-likeness (QED) is 0.668. The van der Waals surface area contributed by atoms with Gasteiger partial charge in [0.2, 0.25) is 0 Å². The summed E-state index contributed by atoms with van der Waals surface area (Å²) in [5.74, 6) is -1.92. The van der Waals surface area contributed by atoms with Crippen molar-refractivity contribution in [1.29, 1.82) is 0 Å². The number of allylic oxidation sites excluding steroid dienone is 1. The molecule has 3 heterocycles. The van der Waals surface area contributed by atoms with Gasteiger partial charge in [0.15, 0.2) is 0 Å². The zero-order valence-electron chi connectivity index (χ0n) is 18.9. The van der Waals surface area contributed by atoms with Crippen LogP contribution in [0.4, 0.5) is 0 Å². The number of nitrogens with zero attached hydrogens (tertiary/aromatic N) is 1. The third kappa shape index (κ3) is 3.41. The molecule has 4 rings (SSSR count). The molecule has 7 heteroatoms. The molecule has 3 unspecified atom stereocenters. The summed E-state index contributed by atoms with van der Waals surface area (Å²) < 4.78 is 11.1. The summed E-state index contributed by atoms with van der Waals surface area (Å²) in [4.78, 5) is 32.4. The first-order chi connectivity index (χ1) is 15.3. The molecule has 0 bridgehead atoms. The smallest absolute Gasteiger partial charge is 0.336 e. The summed E-state index contributed by atoms with van der Waals surface area (Å²) in [6, 6.07) is 9.37. The van der Waals surface area contributed by atoms with Gasteiger partial charge in [-0.15, -0.1) is 0 Å². The number of carbonyl (C=O) groups excluding carboxylic acids is 2. The van der Waals surface area contributed by atoms with Crippen molar-refractivity contribution in [1.82, 2.24) is 9.88 Å². The summed E-state index contributed by atoms with van der Waals surface area (Å²) in [6.07, 6.45) is 2.71. The number of aromatic nitrogens is 1. The van der Waals surface area contributed by atoms with Crippen LogP contribution in [0.1, 0.15) is 50.4 Å². The van der Waals surface area contributed by atoms with Gasteiger partial charge in [0, 0.05) is 41.5 Å². The number of halogens is 1. The maximum absolute atomic E-state index is 13.6. The lowest BCUT2D eigenvalue weighted by molar-refractivity contribution is -0.157. The van der Waals surface area contributed by atoms with Gasteiger partial charge in [-0.3, -0.25) is 4.79 Å². The van der Waals surface area contributed by atoms with Crippen LogP contribution >= 0.6 is 11.6 Å². The van der Waals surface area contributed by atoms with E-state index >= 15 is 0 Å². The van der Waals surface area contributed by atoms with Crippen molar-refractivity contribution in [3.63, 3.8) is 0 Å². The van der Waals surface area contributed by atoms with Crippen LogP contribution in [0.15, 0.2) is 47.8 Å². The van der Waals surface area contributed by atoms with Crippen molar-refractivity contribution in [2.75, 3.05) is 19.8 Å². The van der Waals surface area contributed by atoms with Crippen LogP contribution in [0.3, 0.4) is 0 Å². The molecular formula is C25H29ClN2O4. The molecule has 2 aliphatic rings. The van der Waals surface area contributed by atoms with Crippen LogP contribution in [0.2, 0.25) is 5.02 Å². The fourth-order valence-electron chi connectivity index (χ4n) is 5.51. The second-order valence-electron chi connectivity index (χ2n) is 8.40. The Labute approximate surface area is 193 Å². The van der Waals surface area contributed by atoms with E-state index in [1.54, 1.807) is 26.0 Å². The van der Waals surface area contributed by atoms with E-state index in [9.17, 15) is 9.59 Å². The highest BCUT2D eigenvalue weighted by Gasteiger charge is 2.58. The first-order valence-electron chi connectivity index (χ1n) is 11.1. The predicted octanol–water partition coefficient (Wildman–Crippen LogP) is 4.56. The number of fused-ring (bicyclic) bond motifs is 3. The van der Waals surface area contributed by atoms with Crippen LogP contribution < -0.4 is 0 Å². The lowest BCUT2D eigenvalue weighted by Crippen LogP contribution is -2.59. The monoisotopic (exact) mass is 456 g/mol. The van der Waals surface area contributed by atoms with Crippen LogP contribution in [0, 0.1) is 5.92 Å². The van der Waals surface area contributed by atoms with Crippen molar-refractivity contribution >= 4 is 23.5 Å². The third-order valence-electron chi connectivity index (χ3n) is 6.83. The molecule has 1 aromatic heterocycles. The van der Waals surface area contributed by atoms with Crippen molar-refractivity contribution in [3.8, 4) is 0 Å². The Balaban J connectivity index is 2.01. The number of nitrogens with one attached hydrogen (secondary N) is 1. The largest absolute Gasteiger partial charge is 0.466 e. The summed E-state index contributed by atoms with van der Waals surface area (Å²) in [6.45, 7) is 8.81. The van der Waals surface area contributed by atoms with Gasteiger partial charge in [0.05, 0.1) is 30.2 Å². The van der Waals surface area contributed by atoms with Gasteiger partial charge in [-0.2, -0.15) is 0 Å². The second-order valence-corrected chi connectivity index (χ2v) is 8.83. The number of benzene rings is 1. The molecule has 6 nitrogen and oxygen atoms in total. The Morgan fingerprint density at radius 2 is 1.84 bits per heavy atom. The molecule has 1 aromatic carbocycles. The van der Waals surface area contributed by atoms with Crippen LogP contribution in [0.25, 0.3) is 0 Å². The van der Waals surface area contributed by atoms with E-state index in [0.29, 0.717) is 17.1 Å². The number of rotatable bonds is 5. The Kier molecular flexibility index (Phi) is 6.08. The Morgan fingerprint density at radius 3 is 2.50 bits per heavy atom. The lowest BCUT2D eigenvalue weighted by atomic mass is 9.62. The molecule has 32 heavy (non-hydrogen) atoms. The first-order valence-corrected chi connectivity index (χ1v) is 11.5. The number of H-pyrrole nitrogens is 1. The number of carbonyl (C=O) groups is 2. The zero-order valence-corrected chi connectivity index (χ0v) is 19.7. The maximum Gasteiger partial charge on any atom is 0.336 e. The molecule has 1 N–H and O–H groups in total. The Hall–Kier alpha value is -2.73. The fourth-order valence-corrected chi connectivity index (χ4v) is 5.64. The zero-order chi connectivity index (χ0) is 23.0. The standard InChI is InChI=1S/C25H29ClN2O4/c1-5-31-23(29)20-15(3)28-14-12-19-18(11-13-27-19)25(28,4)22(24(30)32-6-2)21(20)16-7-9-17(26)10-8-16/h7-11,13,21-22,27H,5-6,12,14H2,1-4H3. The van der Waals surface area contributed by atoms with Gasteiger partial charge in [-0.1, -0.05) is 23.7 Å². The van der Waals surface area contributed by atoms with Crippen molar-refractivity contribution in [3.05, 3.63) is 69.6 Å². The highest BCUT2D eigenvalue weighted by Crippen LogP contribution is 2.55. The van der Waals surface area contributed by atoms with Crippen LogP contribution in [0.5, 0.6) is 0 Å². The van der Waals surface area contributed by atoms with Gasteiger partial charge in [0.25, 0.3) is 0 Å². The van der Waals surface area contributed by atoms with Gasteiger partial charge in [-0.05, 0) is 57.0 Å². The summed E-state index contributed by atoms with van der Waals surface area (Å²) in [5.41, 5.74) is 3.65. The van der Waals surface area contributed by atoms with E-state index in [1.165, 1.54) is 0 Å². The predicted molar refractivity (Wildman–Crippen MR) is 122 cm³/mol. The van der Waals surface area contributed by atoms with Gasteiger partial charge in [0.1, 0.15) is 0 Å². The lowest BCUT2D eigenvalue weighted by Gasteiger charge is -2.55. The van der Waals surface area contributed by atoms with E-state index in [0.717, 1.165) is 28.9 Å².